The fourth-order valence-corrected chi connectivity index (χ4v) is 3.40. The molecule has 138 valence electrons. The Morgan fingerprint density at radius 2 is 1.85 bits per heavy atom. The molecule has 0 radical (unpaired) electrons. The molecule has 6 nitrogen and oxygen atoms in total. The largest absolute Gasteiger partial charge is 0.378 e. The normalized spacial score (nSPS) is 14.2. The molecule has 0 atom stereocenters. The predicted molar refractivity (Wildman–Crippen MR) is 106 cm³/mol. The molecule has 0 saturated carbocycles. The summed E-state index contributed by atoms with van der Waals surface area (Å²) in [6, 6.07) is 14.7. The van der Waals surface area contributed by atoms with Crippen molar-refractivity contribution in [3.05, 3.63) is 71.5 Å². The summed E-state index contributed by atoms with van der Waals surface area (Å²) in [5, 5.41) is 7.79. The zero-order chi connectivity index (χ0) is 18.6. The Bertz CT molecular complexity index is 920. The van der Waals surface area contributed by atoms with E-state index in [0.717, 1.165) is 24.5 Å². The highest BCUT2D eigenvalue weighted by Crippen LogP contribution is 2.34. The standard InChI is InChI=1S/C20H19ClN4O2/c21-17-3-1-4-18(19(17)24-11-13-27-14-12-24)23-20(26)15-5-7-16(8-6-15)25-10-2-9-22-25/h1-10H,11-14H2,(H,23,26). The molecule has 7 heteroatoms. The number of halogens is 1. The summed E-state index contributed by atoms with van der Waals surface area (Å²) in [7, 11) is 0. The number of nitrogens with zero attached hydrogens (tertiary/aromatic N) is 3. The number of carbonyl (C=O) groups is 1. The number of morpholine rings is 1. The van der Waals surface area contributed by atoms with Crippen LogP contribution < -0.4 is 10.2 Å². The molecule has 4 rings (SSSR count). The summed E-state index contributed by atoms with van der Waals surface area (Å²) < 4.78 is 7.16. The minimum atomic E-state index is -0.182. The first-order valence-electron chi connectivity index (χ1n) is 8.75. The molecule has 3 aromatic rings. The van der Waals surface area contributed by atoms with Gasteiger partial charge in [-0.15, -0.1) is 0 Å². The van der Waals surface area contributed by atoms with Gasteiger partial charge in [0.2, 0.25) is 0 Å². The highest BCUT2D eigenvalue weighted by molar-refractivity contribution is 6.34. The van der Waals surface area contributed by atoms with E-state index in [-0.39, 0.29) is 5.91 Å². The molecule has 0 aliphatic carbocycles. The summed E-state index contributed by atoms with van der Waals surface area (Å²) in [5.41, 5.74) is 3.00. The Kier molecular flexibility index (Phi) is 5.09. The molecular weight excluding hydrogens is 364 g/mol. The lowest BCUT2D eigenvalue weighted by Gasteiger charge is -2.31. The van der Waals surface area contributed by atoms with Gasteiger partial charge < -0.3 is 15.0 Å². The highest BCUT2D eigenvalue weighted by Gasteiger charge is 2.19. The first-order valence-corrected chi connectivity index (χ1v) is 9.13. The average Bonchev–Trinajstić information content (AvgIpc) is 3.24. The Balaban J connectivity index is 1.55. The van der Waals surface area contributed by atoms with Crippen LogP contribution in [-0.4, -0.2) is 42.0 Å². The third kappa shape index (κ3) is 3.82. The van der Waals surface area contributed by atoms with Crippen LogP contribution in [-0.2, 0) is 4.74 Å². The van der Waals surface area contributed by atoms with Gasteiger partial charge in [-0.1, -0.05) is 17.7 Å². The number of hydrogen-bond donors (Lipinski definition) is 1. The fourth-order valence-electron chi connectivity index (χ4n) is 3.11. The van der Waals surface area contributed by atoms with Crippen molar-refractivity contribution < 1.29 is 9.53 Å². The summed E-state index contributed by atoms with van der Waals surface area (Å²) in [6.07, 6.45) is 3.57. The maximum Gasteiger partial charge on any atom is 0.255 e. The predicted octanol–water partition coefficient (Wildman–Crippen LogP) is 3.61. The third-order valence-corrected chi connectivity index (χ3v) is 4.77. The van der Waals surface area contributed by atoms with E-state index in [9.17, 15) is 4.79 Å². The number of amides is 1. The summed E-state index contributed by atoms with van der Waals surface area (Å²) in [6.45, 7) is 2.78. The zero-order valence-electron chi connectivity index (χ0n) is 14.6. The number of nitrogens with one attached hydrogen (secondary N) is 1. The molecule has 27 heavy (non-hydrogen) atoms. The van der Waals surface area contributed by atoms with Gasteiger partial charge in [0.25, 0.3) is 5.91 Å². The van der Waals surface area contributed by atoms with Gasteiger partial charge in [0, 0.05) is 31.0 Å². The van der Waals surface area contributed by atoms with Gasteiger partial charge in [0.1, 0.15) is 0 Å². The quantitative estimate of drug-likeness (QED) is 0.748. The van der Waals surface area contributed by atoms with E-state index in [0.29, 0.717) is 29.5 Å². The van der Waals surface area contributed by atoms with Crippen molar-refractivity contribution >= 4 is 28.9 Å². The number of carbonyl (C=O) groups excluding carboxylic acids is 1. The number of rotatable bonds is 4. The molecule has 2 heterocycles. The lowest BCUT2D eigenvalue weighted by Crippen LogP contribution is -2.37. The van der Waals surface area contributed by atoms with Crippen LogP contribution in [0.2, 0.25) is 5.02 Å². The van der Waals surface area contributed by atoms with Crippen LogP contribution in [0.25, 0.3) is 5.69 Å². The molecule has 0 unspecified atom stereocenters. The van der Waals surface area contributed by atoms with Crippen molar-refractivity contribution in [1.82, 2.24) is 9.78 Å². The topological polar surface area (TPSA) is 59.4 Å². The van der Waals surface area contributed by atoms with Crippen molar-refractivity contribution in [1.29, 1.82) is 0 Å². The van der Waals surface area contributed by atoms with Crippen LogP contribution >= 0.6 is 11.6 Å². The van der Waals surface area contributed by atoms with Crippen LogP contribution in [0.1, 0.15) is 10.4 Å². The lowest BCUT2D eigenvalue weighted by atomic mass is 10.1. The average molecular weight is 383 g/mol. The number of benzene rings is 2. The smallest absolute Gasteiger partial charge is 0.255 e. The van der Waals surface area contributed by atoms with Gasteiger partial charge in [-0.05, 0) is 42.5 Å². The fraction of sp³-hybridized carbons (Fsp3) is 0.200. The summed E-state index contributed by atoms with van der Waals surface area (Å²) in [5.74, 6) is -0.182. The Labute approximate surface area is 162 Å². The van der Waals surface area contributed by atoms with Gasteiger partial charge in [-0.3, -0.25) is 4.79 Å². The van der Waals surface area contributed by atoms with Gasteiger partial charge in [0.05, 0.1) is 35.3 Å². The van der Waals surface area contributed by atoms with Crippen LogP contribution in [0.4, 0.5) is 11.4 Å². The maximum atomic E-state index is 12.7. The molecule has 1 saturated heterocycles. The first kappa shape index (κ1) is 17.6. The SMILES string of the molecule is O=C(Nc1cccc(Cl)c1N1CCOCC1)c1ccc(-n2cccn2)cc1. The zero-order valence-corrected chi connectivity index (χ0v) is 15.4. The van der Waals surface area contributed by atoms with E-state index in [1.54, 1.807) is 23.0 Å². The number of para-hydroxylation sites is 1. The van der Waals surface area contributed by atoms with Crippen LogP contribution in [0.15, 0.2) is 60.9 Å². The second-order valence-corrected chi connectivity index (χ2v) is 6.59. The molecule has 0 bridgehead atoms. The summed E-state index contributed by atoms with van der Waals surface area (Å²) in [4.78, 5) is 14.9. The van der Waals surface area contributed by atoms with E-state index in [1.165, 1.54) is 0 Å². The molecule has 2 aromatic carbocycles. The van der Waals surface area contributed by atoms with Gasteiger partial charge in [-0.2, -0.15) is 5.10 Å². The number of aromatic nitrogens is 2. The van der Waals surface area contributed by atoms with E-state index < -0.39 is 0 Å². The molecular formula is C20H19ClN4O2. The van der Waals surface area contributed by atoms with Crippen LogP contribution in [0, 0.1) is 0 Å². The Morgan fingerprint density at radius 1 is 1.07 bits per heavy atom. The van der Waals surface area contributed by atoms with Gasteiger partial charge in [-0.25, -0.2) is 4.68 Å². The number of anilines is 2. The van der Waals surface area contributed by atoms with E-state index in [1.807, 2.05) is 42.6 Å². The van der Waals surface area contributed by atoms with Crippen molar-refractivity contribution in [2.75, 3.05) is 36.5 Å². The molecule has 1 N–H and O–H groups in total. The van der Waals surface area contributed by atoms with Gasteiger partial charge in [0.15, 0.2) is 0 Å². The summed E-state index contributed by atoms with van der Waals surface area (Å²) >= 11 is 6.43. The molecule has 1 aliphatic rings. The minimum Gasteiger partial charge on any atom is -0.378 e. The Morgan fingerprint density at radius 3 is 2.56 bits per heavy atom. The van der Waals surface area contributed by atoms with Crippen molar-refractivity contribution in [3.63, 3.8) is 0 Å². The van der Waals surface area contributed by atoms with E-state index in [2.05, 4.69) is 15.3 Å². The monoisotopic (exact) mass is 382 g/mol. The molecule has 1 aliphatic heterocycles. The van der Waals surface area contributed by atoms with Crippen molar-refractivity contribution in [3.8, 4) is 5.69 Å². The number of ether oxygens (including phenoxy) is 1. The molecule has 1 fully saturated rings. The highest BCUT2D eigenvalue weighted by atomic mass is 35.5. The van der Waals surface area contributed by atoms with Crippen LogP contribution in [0.3, 0.4) is 0 Å². The van der Waals surface area contributed by atoms with E-state index in [4.69, 9.17) is 16.3 Å². The second-order valence-electron chi connectivity index (χ2n) is 6.19. The van der Waals surface area contributed by atoms with Crippen LogP contribution in [0.5, 0.6) is 0 Å². The molecule has 1 aromatic heterocycles. The second kappa shape index (κ2) is 7.82. The number of hydrogen-bond acceptors (Lipinski definition) is 4. The van der Waals surface area contributed by atoms with Gasteiger partial charge >= 0.3 is 0 Å². The Hall–Kier alpha value is -2.83. The molecule has 1 amide bonds. The first-order chi connectivity index (χ1) is 13.2. The molecule has 0 spiro atoms. The van der Waals surface area contributed by atoms with Crippen molar-refractivity contribution in [2.45, 2.75) is 0 Å². The minimum absolute atomic E-state index is 0.182. The third-order valence-electron chi connectivity index (χ3n) is 4.46. The van der Waals surface area contributed by atoms with E-state index >= 15 is 0 Å². The maximum absolute atomic E-state index is 12.7. The lowest BCUT2D eigenvalue weighted by molar-refractivity contribution is 0.102. The van der Waals surface area contributed by atoms with Crippen molar-refractivity contribution in [2.24, 2.45) is 0 Å².